The van der Waals surface area contributed by atoms with E-state index in [2.05, 4.69) is 10.2 Å². The van der Waals surface area contributed by atoms with Gasteiger partial charge in [-0.05, 0) is 38.7 Å². The Morgan fingerprint density at radius 3 is 2.68 bits per heavy atom. The summed E-state index contributed by atoms with van der Waals surface area (Å²) in [6.45, 7) is 5.24. The van der Waals surface area contributed by atoms with Crippen LogP contribution < -0.4 is 5.69 Å². The smallest absolute Gasteiger partial charge is 0.339 e. The number of aromatic amines is 1. The quantitative estimate of drug-likeness (QED) is 0.686. The van der Waals surface area contributed by atoms with Crippen molar-refractivity contribution in [3.05, 3.63) is 46.4 Å². The molecule has 0 radical (unpaired) electrons. The predicted molar refractivity (Wildman–Crippen MR) is 113 cm³/mol. The van der Waals surface area contributed by atoms with Gasteiger partial charge in [-0.15, -0.1) is 5.10 Å². The molecule has 28 heavy (non-hydrogen) atoms. The predicted octanol–water partition coefficient (Wildman–Crippen LogP) is 3.48. The van der Waals surface area contributed by atoms with Gasteiger partial charge in [-0.25, -0.2) is 9.89 Å². The van der Waals surface area contributed by atoms with Crippen molar-refractivity contribution in [2.45, 2.75) is 75.4 Å². The summed E-state index contributed by atoms with van der Waals surface area (Å²) in [5.41, 5.74) is 0.947. The van der Waals surface area contributed by atoms with Crippen LogP contribution in [0.3, 0.4) is 0 Å². The molecule has 6 nitrogen and oxygen atoms in total. The molecule has 1 aliphatic carbocycles. The molecule has 1 fully saturated rings. The van der Waals surface area contributed by atoms with Crippen LogP contribution in [0.15, 0.2) is 40.3 Å². The van der Waals surface area contributed by atoms with Crippen molar-refractivity contribution >= 4 is 17.7 Å². The molecule has 1 atom stereocenters. The van der Waals surface area contributed by atoms with Crippen LogP contribution in [0.1, 0.15) is 51.5 Å². The van der Waals surface area contributed by atoms with E-state index in [4.69, 9.17) is 0 Å². The highest BCUT2D eigenvalue weighted by Crippen LogP contribution is 2.27. The van der Waals surface area contributed by atoms with E-state index in [1.165, 1.54) is 36.6 Å². The van der Waals surface area contributed by atoms with Gasteiger partial charge in [0, 0.05) is 19.1 Å². The molecule has 0 unspecified atom stereocenters. The Bertz CT molecular complexity index is 811. The lowest BCUT2D eigenvalue weighted by Gasteiger charge is -2.35. The first-order valence-electron chi connectivity index (χ1n) is 10.3. The van der Waals surface area contributed by atoms with Gasteiger partial charge >= 0.3 is 5.69 Å². The van der Waals surface area contributed by atoms with Crippen molar-refractivity contribution in [3.63, 3.8) is 0 Å². The third-order valence-corrected chi connectivity index (χ3v) is 6.54. The molecule has 0 spiro atoms. The van der Waals surface area contributed by atoms with Crippen molar-refractivity contribution in [2.75, 3.05) is 6.54 Å². The van der Waals surface area contributed by atoms with Crippen LogP contribution in [0.5, 0.6) is 0 Å². The third kappa shape index (κ3) is 5.07. The van der Waals surface area contributed by atoms with Gasteiger partial charge in [-0.3, -0.25) is 9.36 Å². The zero-order chi connectivity index (χ0) is 19.9. The lowest BCUT2D eigenvalue weighted by Crippen LogP contribution is -2.44. The summed E-state index contributed by atoms with van der Waals surface area (Å²) in [6, 6.07) is 10.4. The number of hydrogen-bond acceptors (Lipinski definition) is 4. The van der Waals surface area contributed by atoms with Gasteiger partial charge in [0.25, 0.3) is 0 Å². The number of rotatable bonds is 8. The van der Waals surface area contributed by atoms with Gasteiger partial charge < -0.3 is 4.90 Å². The fourth-order valence-electron chi connectivity index (χ4n) is 3.90. The number of benzene rings is 1. The Balaban J connectivity index is 1.65. The van der Waals surface area contributed by atoms with E-state index in [9.17, 15) is 9.59 Å². The van der Waals surface area contributed by atoms with E-state index < -0.39 is 0 Å². The molecule has 0 aliphatic heterocycles. The number of thioether (sulfide) groups is 1. The molecular weight excluding hydrogens is 372 g/mol. The monoisotopic (exact) mass is 402 g/mol. The molecule has 3 rings (SSSR count). The van der Waals surface area contributed by atoms with Crippen molar-refractivity contribution in [2.24, 2.45) is 0 Å². The highest BCUT2D eigenvalue weighted by Gasteiger charge is 2.29. The summed E-state index contributed by atoms with van der Waals surface area (Å²) in [4.78, 5) is 27.3. The molecule has 1 heterocycles. The Labute approximate surface area is 170 Å². The highest BCUT2D eigenvalue weighted by atomic mass is 32.2. The first-order chi connectivity index (χ1) is 13.6. The normalized spacial score (nSPS) is 16.1. The second-order valence-corrected chi connectivity index (χ2v) is 8.68. The standard InChI is InChI=1S/C21H30N4O2S/c1-3-24(18-12-8-5-9-13-18)19(26)16(2)28-21-23-22-20(27)25(21)15-14-17-10-6-4-7-11-17/h4,6-7,10-11,16,18H,3,5,8-9,12-15H2,1-2H3,(H,22,27)/t16-/m0/s1. The molecule has 1 N–H and O–H groups in total. The molecule has 1 aliphatic rings. The van der Waals surface area contributed by atoms with E-state index >= 15 is 0 Å². The van der Waals surface area contributed by atoms with Crippen molar-refractivity contribution in [1.29, 1.82) is 0 Å². The van der Waals surface area contributed by atoms with E-state index in [1.807, 2.05) is 49.1 Å². The summed E-state index contributed by atoms with van der Waals surface area (Å²) in [6.07, 6.45) is 6.62. The van der Waals surface area contributed by atoms with E-state index in [-0.39, 0.29) is 16.8 Å². The van der Waals surface area contributed by atoms with Crippen LogP contribution in [-0.2, 0) is 17.8 Å². The average molecular weight is 403 g/mol. The lowest BCUT2D eigenvalue weighted by molar-refractivity contribution is -0.133. The van der Waals surface area contributed by atoms with Gasteiger partial charge in [0.1, 0.15) is 0 Å². The summed E-state index contributed by atoms with van der Waals surface area (Å²) in [5, 5.41) is 7.02. The molecule has 7 heteroatoms. The molecule has 1 aromatic carbocycles. The van der Waals surface area contributed by atoms with Gasteiger partial charge in [0.2, 0.25) is 5.91 Å². The minimum atomic E-state index is -0.271. The van der Waals surface area contributed by atoms with E-state index in [0.29, 0.717) is 17.7 Å². The molecule has 1 saturated carbocycles. The fourth-order valence-corrected chi connectivity index (χ4v) is 4.86. The molecular formula is C21H30N4O2S. The molecule has 1 aromatic heterocycles. The van der Waals surface area contributed by atoms with Gasteiger partial charge in [-0.2, -0.15) is 0 Å². The maximum atomic E-state index is 13.1. The molecule has 1 amide bonds. The summed E-state index contributed by atoms with van der Waals surface area (Å²) in [7, 11) is 0. The Kier molecular flexibility index (Phi) is 7.36. The Hall–Kier alpha value is -2.02. The number of carbonyl (C=O) groups excluding carboxylic acids is 1. The van der Waals surface area contributed by atoms with Gasteiger partial charge in [0.05, 0.1) is 5.25 Å². The number of nitrogens with zero attached hydrogens (tertiary/aromatic N) is 3. The number of aromatic nitrogens is 3. The maximum Gasteiger partial charge on any atom is 0.343 e. The number of nitrogens with one attached hydrogen (secondary N) is 1. The number of aryl methyl sites for hydroxylation is 1. The molecule has 152 valence electrons. The van der Waals surface area contributed by atoms with E-state index in [1.54, 1.807) is 4.57 Å². The Morgan fingerprint density at radius 1 is 1.29 bits per heavy atom. The zero-order valence-corrected chi connectivity index (χ0v) is 17.6. The lowest BCUT2D eigenvalue weighted by atomic mass is 9.94. The minimum Gasteiger partial charge on any atom is -0.339 e. The van der Waals surface area contributed by atoms with Crippen LogP contribution in [0, 0.1) is 0 Å². The zero-order valence-electron chi connectivity index (χ0n) is 16.8. The van der Waals surface area contributed by atoms with Gasteiger partial charge in [-0.1, -0.05) is 61.4 Å². The van der Waals surface area contributed by atoms with Crippen LogP contribution in [-0.4, -0.2) is 43.4 Å². The first kappa shape index (κ1) is 20.7. The minimum absolute atomic E-state index is 0.143. The SMILES string of the molecule is CCN(C(=O)[C@H](C)Sc1n[nH]c(=O)n1CCc1ccccc1)C1CCCCC1. The van der Waals surface area contributed by atoms with Crippen molar-refractivity contribution in [1.82, 2.24) is 19.7 Å². The Morgan fingerprint density at radius 2 is 2.00 bits per heavy atom. The van der Waals surface area contributed by atoms with E-state index in [0.717, 1.165) is 25.8 Å². The second-order valence-electron chi connectivity index (χ2n) is 7.37. The fraction of sp³-hybridized carbons (Fsp3) is 0.571. The summed E-state index contributed by atoms with van der Waals surface area (Å²) in [5.74, 6) is 0.143. The molecule has 2 aromatic rings. The third-order valence-electron chi connectivity index (χ3n) is 5.46. The number of carbonyl (C=O) groups is 1. The number of hydrogen-bond donors (Lipinski definition) is 1. The maximum absolute atomic E-state index is 13.1. The largest absolute Gasteiger partial charge is 0.343 e. The molecule has 0 saturated heterocycles. The van der Waals surface area contributed by atoms with Crippen LogP contribution in [0.4, 0.5) is 0 Å². The van der Waals surface area contributed by atoms with Crippen LogP contribution in [0.25, 0.3) is 0 Å². The van der Waals surface area contributed by atoms with Crippen molar-refractivity contribution < 1.29 is 4.79 Å². The highest BCUT2D eigenvalue weighted by molar-refractivity contribution is 8.00. The van der Waals surface area contributed by atoms with Gasteiger partial charge in [0.15, 0.2) is 5.16 Å². The van der Waals surface area contributed by atoms with Crippen LogP contribution >= 0.6 is 11.8 Å². The summed E-state index contributed by atoms with van der Waals surface area (Å²) >= 11 is 1.37. The van der Waals surface area contributed by atoms with Crippen molar-refractivity contribution in [3.8, 4) is 0 Å². The number of H-pyrrole nitrogens is 1. The summed E-state index contributed by atoms with van der Waals surface area (Å²) < 4.78 is 1.64. The topological polar surface area (TPSA) is 71.0 Å². The number of amides is 1. The second kappa shape index (κ2) is 9.96. The molecule has 0 bridgehead atoms. The average Bonchev–Trinajstić information content (AvgIpc) is 3.07. The first-order valence-corrected chi connectivity index (χ1v) is 11.1. The van der Waals surface area contributed by atoms with Crippen LogP contribution in [0.2, 0.25) is 0 Å².